The van der Waals surface area contributed by atoms with E-state index in [1.807, 2.05) is 12.1 Å². The van der Waals surface area contributed by atoms with E-state index in [2.05, 4.69) is 10.3 Å². The van der Waals surface area contributed by atoms with Crippen molar-refractivity contribution in [3.05, 3.63) is 24.0 Å². The summed E-state index contributed by atoms with van der Waals surface area (Å²) in [6, 6.07) is 4.15. The zero-order valence-electron chi connectivity index (χ0n) is 6.25. The van der Waals surface area contributed by atoms with Gasteiger partial charge in [0.1, 0.15) is 0 Å². The van der Waals surface area contributed by atoms with Crippen molar-refractivity contribution >= 4 is 5.69 Å². The van der Waals surface area contributed by atoms with Crippen LogP contribution in [-0.2, 0) is 0 Å². The molecule has 0 spiro atoms. The van der Waals surface area contributed by atoms with Crippen molar-refractivity contribution < 1.29 is 0 Å². The molecule has 1 atom stereocenters. The fourth-order valence-electron chi connectivity index (χ4n) is 1.24. The van der Waals surface area contributed by atoms with Gasteiger partial charge in [0, 0.05) is 6.20 Å². The fraction of sp³-hybridized carbons (Fsp3) is 0.375. The summed E-state index contributed by atoms with van der Waals surface area (Å²) in [6.07, 6.45) is 2.94. The van der Waals surface area contributed by atoms with Gasteiger partial charge in [-0.05, 0) is 25.1 Å². The number of rotatable bonds is 1. The number of nitrogens with two attached hydrogens (primary N) is 1. The number of aromatic nitrogens is 1. The molecule has 3 heteroatoms. The molecule has 1 aromatic rings. The molecule has 3 N–H and O–H groups in total. The molecule has 1 aliphatic rings. The van der Waals surface area contributed by atoms with Gasteiger partial charge in [0.15, 0.2) is 0 Å². The maximum atomic E-state index is 5.73. The van der Waals surface area contributed by atoms with Gasteiger partial charge >= 0.3 is 0 Å². The fourth-order valence-corrected chi connectivity index (χ4v) is 1.24. The Morgan fingerprint density at radius 1 is 1.64 bits per heavy atom. The Bertz CT molecular complexity index is 255. The Labute approximate surface area is 65.6 Å². The number of pyridine rings is 1. The zero-order valence-corrected chi connectivity index (χ0v) is 6.25. The Morgan fingerprint density at radius 2 is 2.45 bits per heavy atom. The molecule has 1 aliphatic heterocycles. The molecular weight excluding hydrogens is 138 g/mol. The largest absolute Gasteiger partial charge is 0.397 e. The molecule has 0 aliphatic carbocycles. The lowest BCUT2D eigenvalue weighted by molar-refractivity contribution is 0.376. The molecular formula is C8H11N3. The number of hydrogen-bond donors (Lipinski definition) is 2. The van der Waals surface area contributed by atoms with E-state index < -0.39 is 0 Å². The molecule has 0 amide bonds. The predicted octanol–water partition coefficient (Wildman–Crippen LogP) is 0.698. The van der Waals surface area contributed by atoms with Gasteiger partial charge in [-0.3, -0.25) is 4.98 Å². The Hall–Kier alpha value is -1.09. The van der Waals surface area contributed by atoms with Crippen LogP contribution in [0.15, 0.2) is 18.3 Å². The minimum Gasteiger partial charge on any atom is -0.397 e. The molecule has 3 nitrogen and oxygen atoms in total. The normalized spacial score (nSPS) is 22.7. The minimum atomic E-state index is 0.399. The van der Waals surface area contributed by atoms with Crippen molar-refractivity contribution in [2.24, 2.45) is 0 Å². The van der Waals surface area contributed by atoms with Crippen molar-refractivity contribution in [2.45, 2.75) is 12.5 Å². The first-order valence-corrected chi connectivity index (χ1v) is 3.81. The lowest BCUT2D eigenvalue weighted by Gasteiger charge is -2.27. The van der Waals surface area contributed by atoms with Crippen LogP contribution in [-0.4, -0.2) is 11.5 Å². The van der Waals surface area contributed by atoms with Crippen molar-refractivity contribution in [3.63, 3.8) is 0 Å². The summed E-state index contributed by atoms with van der Waals surface area (Å²) in [5.74, 6) is 0. The molecule has 0 aromatic carbocycles. The highest BCUT2D eigenvalue weighted by Crippen LogP contribution is 2.24. The molecule has 0 radical (unpaired) electrons. The van der Waals surface area contributed by atoms with E-state index >= 15 is 0 Å². The topological polar surface area (TPSA) is 50.9 Å². The highest BCUT2D eigenvalue weighted by atomic mass is 15.0. The first-order chi connectivity index (χ1) is 5.38. The quantitative estimate of drug-likeness (QED) is 0.618. The third-order valence-electron chi connectivity index (χ3n) is 2.03. The molecule has 1 fully saturated rings. The van der Waals surface area contributed by atoms with Crippen molar-refractivity contribution in [1.29, 1.82) is 0 Å². The van der Waals surface area contributed by atoms with E-state index in [1.165, 1.54) is 0 Å². The van der Waals surface area contributed by atoms with Gasteiger partial charge in [0.25, 0.3) is 0 Å². The van der Waals surface area contributed by atoms with Gasteiger partial charge in [0.05, 0.1) is 17.4 Å². The van der Waals surface area contributed by atoms with Crippen molar-refractivity contribution in [1.82, 2.24) is 10.3 Å². The second kappa shape index (κ2) is 2.51. The number of hydrogen-bond acceptors (Lipinski definition) is 3. The molecule has 0 bridgehead atoms. The van der Waals surface area contributed by atoms with Crippen LogP contribution in [0.2, 0.25) is 0 Å². The monoisotopic (exact) mass is 149 g/mol. The molecule has 1 saturated heterocycles. The lowest BCUT2D eigenvalue weighted by atomic mass is 10.0. The van der Waals surface area contributed by atoms with Crippen LogP contribution in [0, 0.1) is 0 Å². The van der Waals surface area contributed by atoms with E-state index in [-0.39, 0.29) is 0 Å². The van der Waals surface area contributed by atoms with E-state index in [1.54, 1.807) is 6.20 Å². The summed E-state index contributed by atoms with van der Waals surface area (Å²) >= 11 is 0. The van der Waals surface area contributed by atoms with Gasteiger partial charge < -0.3 is 11.1 Å². The molecule has 1 aromatic heterocycles. The molecule has 2 heterocycles. The Kier molecular flexibility index (Phi) is 1.51. The molecule has 0 unspecified atom stereocenters. The van der Waals surface area contributed by atoms with Gasteiger partial charge in [-0.15, -0.1) is 0 Å². The minimum absolute atomic E-state index is 0.399. The lowest BCUT2D eigenvalue weighted by Crippen LogP contribution is -2.36. The highest BCUT2D eigenvalue weighted by molar-refractivity contribution is 5.44. The van der Waals surface area contributed by atoms with E-state index in [9.17, 15) is 0 Å². The van der Waals surface area contributed by atoms with Crippen molar-refractivity contribution in [3.8, 4) is 0 Å². The van der Waals surface area contributed by atoms with Gasteiger partial charge in [-0.25, -0.2) is 0 Å². The number of nitrogens with zero attached hydrogens (tertiary/aromatic N) is 1. The maximum absolute atomic E-state index is 5.73. The Morgan fingerprint density at radius 3 is 3.00 bits per heavy atom. The second-order valence-electron chi connectivity index (χ2n) is 2.77. The van der Waals surface area contributed by atoms with Crippen LogP contribution < -0.4 is 11.1 Å². The number of nitrogens with one attached hydrogen (secondary N) is 1. The third kappa shape index (κ3) is 1.07. The standard InChI is InChI=1S/C8H11N3/c9-6-2-1-4-11-8(6)7-3-5-10-7/h1-2,4,7,10H,3,5,9H2/t7-/m0/s1. The predicted molar refractivity (Wildman–Crippen MR) is 44.0 cm³/mol. The summed E-state index contributed by atoms with van der Waals surface area (Å²) < 4.78 is 0. The SMILES string of the molecule is Nc1cccnc1[C@@H]1CCN1. The van der Waals surface area contributed by atoms with Crippen LogP contribution in [0.5, 0.6) is 0 Å². The van der Waals surface area contributed by atoms with Gasteiger partial charge in [-0.1, -0.05) is 0 Å². The molecule has 58 valence electrons. The molecule has 0 saturated carbocycles. The Balaban J connectivity index is 2.28. The van der Waals surface area contributed by atoms with Gasteiger partial charge in [-0.2, -0.15) is 0 Å². The van der Waals surface area contributed by atoms with Crippen LogP contribution >= 0.6 is 0 Å². The number of nitrogen functional groups attached to an aromatic ring is 1. The van der Waals surface area contributed by atoms with E-state index in [0.29, 0.717) is 6.04 Å². The summed E-state index contributed by atoms with van der Waals surface area (Å²) in [4.78, 5) is 4.21. The summed E-state index contributed by atoms with van der Waals surface area (Å²) in [7, 11) is 0. The maximum Gasteiger partial charge on any atom is 0.0802 e. The molecule has 2 rings (SSSR count). The summed E-state index contributed by atoms with van der Waals surface area (Å²) in [5.41, 5.74) is 7.52. The van der Waals surface area contributed by atoms with Crippen LogP contribution in [0.1, 0.15) is 18.2 Å². The summed E-state index contributed by atoms with van der Waals surface area (Å²) in [6.45, 7) is 1.08. The smallest absolute Gasteiger partial charge is 0.0802 e. The first kappa shape index (κ1) is 6.61. The third-order valence-corrected chi connectivity index (χ3v) is 2.03. The highest BCUT2D eigenvalue weighted by Gasteiger charge is 2.21. The van der Waals surface area contributed by atoms with E-state index in [4.69, 9.17) is 5.73 Å². The van der Waals surface area contributed by atoms with Gasteiger partial charge in [0.2, 0.25) is 0 Å². The zero-order chi connectivity index (χ0) is 7.68. The van der Waals surface area contributed by atoms with Crippen molar-refractivity contribution in [2.75, 3.05) is 12.3 Å². The van der Waals surface area contributed by atoms with Crippen LogP contribution in [0.25, 0.3) is 0 Å². The number of anilines is 1. The van der Waals surface area contributed by atoms with Crippen LogP contribution in [0.4, 0.5) is 5.69 Å². The average Bonchev–Trinajstić information content (AvgIpc) is 1.90. The average molecular weight is 149 g/mol. The van der Waals surface area contributed by atoms with E-state index in [0.717, 1.165) is 24.3 Å². The molecule has 11 heavy (non-hydrogen) atoms. The van der Waals surface area contributed by atoms with Crippen LogP contribution in [0.3, 0.4) is 0 Å². The summed E-state index contributed by atoms with van der Waals surface area (Å²) in [5, 5.41) is 3.26. The second-order valence-corrected chi connectivity index (χ2v) is 2.77. The first-order valence-electron chi connectivity index (χ1n) is 3.81.